The molecule has 0 radical (unpaired) electrons. The van der Waals surface area contributed by atoms with Crippen LogP contribution in [0.15, 0.2) is 65.7 Å². The van der Waals surface area contributed by atoms with Crippen LogP contribution in [0.5, 0.6) is 0 Å². The molecule has 1 amide bonds. The fraction of sp³-hybridized carbons (Fsp3) is 0.250. The summed E-state index contributed by atoms with van der Waals surface area (Å²) in [6.45, 7) is 0.970. The van der Waals surface area contributed by atoms with Crippen molar-refractivity contribution in [2.75, 3.05) is 25.1 Å². The van der Waals surface area contributed by atoms with E-state index in [1.807, 2.05) is 29.2 Å². The Morgan fingerprint density at radius 2 is 1.94 bits per heavy atom. The molecule has 0 bridgehead atoms. The van der Waals surface area contributed by atoms with E-state index in [9.17, 15) is 9.90 Å². The highest BCUT2D eigenvalue weighted by atomic mass is 16.5. The summed E-state index contributed by atoms with van der Waals surface area (Å²) in [6.07, 6.45) is 6.34. The number of aromatic nitrogens is 3. The van der Waals surface area contributed by atoms with E-state index >= 15 is 0 Å². The first-order chi connectivity index (χ1) is 16.2. The fourth-order valence-electron chi connectivity index (χ4n) is 4.06. The zero-order chi connectivity index (χ0) is 22.8. The second kappa shape index (κ2) is 8.97. The van der Waals surface area contributed by atoms with Gasteiger partial charge in [0, 0.05) is 60.9 Å². The lowest BCUT2D eigenvalue weighted by molar-refractivity contribution is 0.0782. The summed E-state index contributed by atoms with van der Waals surface area (Å²) in [5, 5.41) is 13.2. The first-order valence-electron chi connectivity index (χ1n) is 10.6. The third-order valence-corrected chi connectivity index (χ3v) is 5.84. The summed E-state index contributed by atoms with van der Waals surface area (Å²) in [5.74, 6) is 0.359. The summed E-state index contributed by atoms with van der Waals surface area (Å²) in [7, 11) is 1.63. The van der Waals surface area contributed by atoms with E-state index in [1.54, 1.807) is 44.1 Å². The van der Waals surface area contributed by atoms with Crippen molar-refractivity contribution >= 4 is 22.8 Å². The van der Waals surface area contributed by atoms with Gasteiger partial charge in [0.15, 0.2) is 0 Å². The van der Waals surface area contributed by atoms with Crippen LogP contribution in [-0.2, 0) is 11.3 Å². The Hall–Kier alpha value is -3.82. The molecule has 1 aromatic carbocycles. The minimum Gasteiger partial charge on any atom is -0.464 e. The number of nitrogens with zero attached hydrogens (tertiary/aromatic N) is 4. The molecule has 3 aromatic heterocycles. The first-order valence-corrected chi connectivity index (χ1v) is 10.6. The summed E-state index contributed by atoms with van der Waals surface area (Å²) < 4.78 is 11.0. The van der Waals surface area contributed by atoms with Gasteiger partial charge < -0.3 is 24.5 Å². The summed E-state index contributed by atoms with van der Waals surface area (Å²) >= 11 is 0. The molecule has 4 aromatic rings. The van der Waals surface area contributed by atoms with E-state index < -0.39 is 0 Å². The maximum absolute atomic E-state index is 12.9. The van der Waals surface area contributed by atoms with Crippen molar-refractivity contribution in [2.24, 2.45) is 0 Å². The van der Waals surface area contributed by atoms with Gasteiger partial charge in [0.25, 0.3) is 5.91 Å². The number of methoxy groups -OCH3 is 1. The molecular weight excluding hydrogens is 422 g/mol. The van der Waals surface area contributed by atoms with Gasteiger partial charge in [-0.25, -0.2) is 9.97 Å². The molecule has 0 spiro atoms. The average Bonchev–Trinajstić information content (AvgIpc) is 3.51. The number of aliphatic hydroxyl groups is 1. The molecular formula is C24H23N5O4. The molecule has 2 atom stereocenters. The monoisotopic (exact) mass is 445 g/mol. The molecule has 4 heterocycles. The van der Waals surface area contributed by atoms with E-state index in [2.05, 4.69) is 20.3 Å². The second-order valence-electron chi connectivity index (χ2n) is 7.88. The number of nitrogens with one attached hydrogen (secondary N) is 1. The van der Waals surface area contributed by atoms with Gasteiger partial charge >= 0.3 is 0 Å². The molecule has 9 nitrogen and oxygen atoms in total. The molecule has 0 saturated carbocycles. The number of aliphatic hydroxyl groups excluding tert-OH is 1. The van der Waals surface area contributed by atoms with Gasteiger partial charge in [-0.3, -0.25) is 9.78 Å². The molecule has 168 valence electrons. The van der Waals surface area contributed by atoms with Crippen LogP contribution in [-0.4, -0.2) is 58.3 Å². The number of pyridine rings is 1. The second-order valence-corrected chi connectivity index (χ2v) is 7.88. The van der Waals surface area contributed by atoms with Crippen LogP contribution in [0, 0.1) is 0 Å². The molecule has 2 N–H and O–H groups in total. The molecule has 33 heavy (non-hydrogen) atoms. The van der Waals surface area contributed by atoms with E-state index in [1.165, 1.54) is 0 Å². The van der Waals surface area contributed by atoms with Crippen LogP contribution in [0.3, 0.4) is 0 Å². The number of anilines is 1. The highest BCUT2D eigenvalue weighted by Crippen LogP contribution is 2.27. The quantitative estimate of drug-likeness (QED) is 0.465. The number of rotatable bonds is 6. The van der Waals surface area contributed by atoms with Crippen molar-refractivity contribution in [3.63, 3.8) is 0 Å². The van der Waals surface area contributed by atoms with Crippen LogP contribution in [0.2, 0.25) is 0 Å². The number of amides is 1. The Bertz CT molecular complexity index is 1260. The summed E-state index contributed by atoms with van der Waals surface area (Å²) in [6, 6.07) is 10.8. The molecule has 1 aliphatic rings. The lowest BCUT2D eigenvalue weighted by atomic mass is 10.1. The Morgan fingerprint density at radius 3 is 2.67 bits per heavy atom. The van der Waals surface area contributed by atoms with Gasteiger partial charge in [-0.15, -0.1) is 0 Å². The van der Waals surface area contributed by atoms with Crippen molar-refractivity contribution in [1.29, 1.82) is 0 Å². The zero-order valence-corrected chi connectivity index (χ0v) is 18.0. The Kier molecular flexibility index (Phi) is 5.72. The van der Waals surface area contributed by atoms with Crippen LogP contribution in [0.1, 0.15) is 15.9 Å². The number of ether oxygens (including phenoxy) is 1. The number of hydrogen-bond donors (Lipinski definition) is 2. The van der Waals surface area contributed by atoms with Gasteiger partial charge in [0.05, 0.1) is 30.7 Å². The molecule has 9 heteroatoms. The highest BCUT2D eigenvalue weighted by molar-refractivity contribution is 5.96. The largest absolute Gasteiger partial charge is 0.464 e. The molecule has 0 aliphatic carbocycles. The minimum absolute atomic E-state index is 0.105. The maximum atomic E-state index is 12.9. The SMILES string of the molecule is CO[C@@H]1CN(c2ncc(CO)cn2)C[C@H]1NC(=O)c1ccc(-c2nccc3occc23)cc1. The van der Waals surface area contributed by atoms with Gasteiger partial charge in [-0.1, -0.05) is 12.1 Å². The van der Waals surface area contributed by atoms with E-state index in [4.69, 9.17) is 9.15 Å². The number of fused-ring (bicyclic) bond motifs is 1. The number of benzene rings is 1. The fourth-order valence-corrected chi connectivity index (χ4v) is 4.06. The number of hydrogen-bond acceptors (Lipinski definition) is 8. The number of furan rings is 1. The highest BCUT2D eigenvalue weighted by Gasteiger charge is 2.35. The molecule has 1 aliphatic heterocycles. The van der Waals surface area contributed by atoms with Crippen molar-refractivity contribution in [1.82, 2.24) is 20.3 Å². The van der Waals surface area contributed by atoms with Crippen LogP contribution in [0.4, 0.5) is 5.95 Å². The van der Waals surface area contributed by atoms with Gasteiger partial charge in [-0.05, 0) is 24.3 Å². The molecule has 1 fully saturated rings. The van der Waals surface area contributed by atoms with Crippen LogP contribution >= 0.6 is 0 Å². The van der Waals surface area contributed by atoms with Crippen LogP contribution in [0.25, 0.3) is 22.2 Å². The Balaban J connectivity index is 1.29. The standard InChI is InChI=1S/C24H23N5O4/c1-32-21-13-29(24-26-10-15(14-30)11-27-24)12-19(21)28-23(31)17-4-2-16(3-5-17)22-18-7-9-33-20(18)6-8-25-22/h2-11,19,21,30H,12-14H2,1H3,(H,28,31)/t19-,21-/m1/s1. The summed E-state index contributed by atoms with van der Waals surface area (Å²) in [5.41, 5.74) is 3.69. The average molecular weight is 445 g/mol. The minimum atomic E-state index is -0.218. The maximum Gasteiger partial charge on any atom is 0.251 e. The third-order valence-electron chi connectivity index (χ3n) is 5.84. The smallest absolute Gasteiger partial charge is 0.251 e. The zero-order valence-electron chi connectivity index (χ0n) is 18.0. The lowest BCUT2D eigenvalue weighted by Crippen LogP contribution is -2.43. The van der Waals surface area contributed by atoms with E-state index in [0.717, 1.165) is 22.2 Å². The van der Waals surface area contributed by atoms with Gasteiger partial charge in [0.1, 0.15) is 5.58 Å². The van der Waals surface area contributed by atoms with Crippen molar-refractivity contribution in [3.8, 4) is 11.3 Å². The van der Waals surface area contributed by atoms with Crippen molar-refractivity contribution in [3.05, 3.63) is 72.4 Å². The summed E-state index contributed by atoms with van der Waals surface area (Å²) in [4.78, 5) is 28.0. The van der Waals surface area contributed by atoms with Gasteiger partial charge in [0.2, 0.25) is 5.95 Å². The van der Waals surface area contributed by atoms with Gasteiger partial charge in [-0.2, -0.15) is 0 Å². The Labute approximate surface area is 190 Å². The number of carbonyl (C=O) groups is 1. The molecule has 0 unspecified atom stereocenters. The predicted molar refractivity (Wildman–Crippen MR) is 122 cm³/mol. The van der Waals surface area contributed by atoms with Crippen molar-refractivity contribution in [2.45, 2.75) is 18.8 Å². The topological polar surface area (TPSA) is 114 Å². The third kappa shape index (κ3) is 4.15. The molecule has 1 saturated heterocycles. The number of carbonyl (C=O) groups excluding carboxylic acids is 1. The predicted octanol–water partition coefficient (Wildman–Crippen LogP) is 2.41. The lowest BCUT2D eigenvalue weighted by Gasteiger charge is -2.18. The van der Waals surface area contributed by atoms with Crippen LogP contribution < -0.4 is 10.2 Å². The Morgan fingerprint density at radius 1 is 1.15 bits per heavy atom. The van der Waals surface area contributed by atoms with Crippen molar-refractivity contribution < 1.29 is 19.1 Å². The first kappa shape index (κ1) is 21.0. The normalized spacial score (nSPS) is 18.1. The van der Waals surface area contributed by atoms with E-state index in [-0.39, 0.29) is 24.7 Å². The van der Waals surface area contributed by atoms with E-state index in [0.29, 0.717) is 30.2 Å². The molecule has 5 rings (SSSR count).